The second-order valence-corrected chi connectivity index (χ2v) is 4.39. The SMILES string of the molecule is CCCCOCC(=O)N(C)C1CCNCC1.Cl. The molecule has 0 atom stereocenters. The highest BCUT2D eigenvalue weighted by atomic mass is 35.5. The van der Waals surface area contributed by atoms with Crippen LogP contribution >= 0.6 is 12.4 Å². The van der Waals surface area contributed by atoms with Crippen molar-refractivity contribution in [2.45, 2.75) is 38.6 Å². The van der Waals surface area contributed by atoms with Crippen LogP contribution in [0.25, 0.3) is 0 Å². The molecular weight excluding hydrogens is 240 g/mol. The Bertz CT molecular complexity index is 209. The molecule has 102 valence electrons. The predicted molar refractivity (Wildman–Crippen MR) is 71.6 cm³/mol. The quantitative estimate of drug-likeness (QED) is 0.738. The van der Waals surface area contributed by atoms with Crippen LogP contribution in [0, 0.1) is 0 Å². The van der Waals surface area contributed by atoms with Gasteiger partial charge in [0.15, 0.2) is 0 Å². The summed E-state index contributed by atoms with van der Waals surface area (Å²) in [4.78, 5) is 13.6. The van der Waals surface area contributed by atoms with Gasteiger partial charge in [-0.25, -0.2) is 0 Å². The lowest BCUT2D eigenvalue weighted by molar-refractivity contribution is -0.137. The standard InChI is InChI=1S/C12H24N2O2.ClH/c1-3-4-9-16-10-12(15)14(2)11-5-7-13-8-6-11;/h11,13H,3-10H2,1-2H3;1H. The van der Waals surface area contributed by atoms with Gasteiger partial charge in [-0.3, -0.25) is 4.79 Å². The number of piperidine rings is 1. The third-order valence-electron chi connectivity index (χ3n) is 3.12. The van der Waals surface area contributed by atoms with Crippen molar-refractivity contribution in [2.75, 3.05) is 33.4 Å². The van der Waals surface area contributed by atoms with E-state index in [2.05, 4.69) is 12.2 Å². The minimum Gasteiger partial charge on any atom is -0.372 e. The van der Waals surface area contributed by atoms with E-state index in [9.17, 15) is 4.79 Å². The van der Waals surface area contributed by atoms with E-state index in [1.54, 1.807) is 0 Å². The monoisotopic (exact) mass is 264 g/mol. The summed E-state index contributed by atoms with van der Waals surface area (Å²) < 4.78 is 5.34. The van der Waals surface area contributed by atoms with Gasteiger partial charge in [0, 0.05) is 19.7 Å². The molecule has 1 N–H and O–H groups in total. The number of hydrogen-bond acceptors (Lipinski definition) is 3. The second kappa shape index (κ2) is 9.68. The number of rotatable bonds is 6. The smallest absolute Gasteiger partial charge is 0.248 e. The summed E-state index contributed by atoms with van der Waals surface area (Å²) in [5.41, 5.74) is 0. The molecule has 0 aromatic heterocycles. The van der Waals surface area contributed by atoms with Gasteiger partial charge in [0.25, 0.3) is 0 Å². The summed E-state index contributed by atoms with van der Waals surface area (Å²) >= 11 is 0. The third kappa shape index (κ3) is 6.24. The van der Waals surface area contributed by atoms with Gasteiger partial charge >= 0.3 is 0 Å². The number of hydrogen-bond donors (Lipinski definition) is 1. The van der Waals surface area contributed by atoms with Crippen LogP contribution in [-0.2, 0) is 9.53 Å². The Labute approximate surface area is 110 Å². The first-order chi connectivity index (χ1) is 7.75. The van der Waals surface area contributed by atoms with Crippen LogP contribution in [0.2, 0.25) is 0 Å². The van der Waals surface area contributed by atoms with Crippen LogP contribution in [0.3, 0.4) is 0 Å². The maximum Gasteiger partial charge on any atom is 0.248 e. The third-order valence-corrected chi connectivity index (χ3v) is 3.12. The number of amides is 1. The van der Waals surface area contributed by atoms with Crippen LogP contribution in [-0.4, -0.2) is 50.2 Å². The zero-order valence-electron chi connectivity index (χ0n) is 10.9. The molecule has 0 saturated carbocycles. The molecule has 4 nitrogen and oxygen atoms in total. The molecule has 0 aliphatic carbocycles. The average molecular weight is 265 g/mol. The van der Waals surface area contributed by atoms with Gasteiger partial charge in [0.05, 0.1) is 0 Å². The van der Waals surface area contributed by atoms with Gasteiger partial charge < -0.3 is 15.0 Å². The first-order valence-electron chi connectivity index (χ1n) is 6.29. The zero-order chi connectivity index (χ0) is 11.8. The van der Waals surface area contributed by atoms with Gasteiger partial charge in [0.2, 0.25) is 5.91 Å². The molecule has 0 unspecified atom stereocenters. The number of nitrogens with zero attached hydrogens (tertiary/aromatic N) is 1. The topological polar surface area (TPSA) is 41.6 Å². The van der Waals surface area contributed by atoms with E-state index in [1.807, 2.05) is 11.9 Å². The van der Waals surface area contributed by atoms with E-state index in [0.717, 1.165) is 38.8 Å². The van der Waals surface area contributed by atoms with E-state index in [4.69, 9.17) is 4.74 Å². The first kappa shape index (κ1) is 16.7. The van der Waals surface area contributed by atoms with E-state index in [1.165, 1.54) is 0 Å². The van der Waals surface area contributed by atoms with Crippen molar-refractivity contribution in [3.05, 3.63) is 0 Å². The molecule has 1 aliphatic heterocycles. The molecule has 1 fully saturated rings. The van der Waals surface area contributed by atoms with Gasteiger partial charge in [-0.05, 0) is 32.4 Å². The Morgan fingerprint density at radius 1 is 1.41 bits per heavy atom. The number of carbonyl (C=O) groups excluding carboxylic acids is 1. The molecule has 0 bridgehead atoms. The number of unbranched alkanes of at least 4 members (excludes halogenated alkanes) is 1. The molecule has 17 heavy (non-hydrogen) atoms. The fourth-order valence-electron chi connectivity index (χ4n) is 1.91. The average Bonchev–Trinajstić information content (AvgIpc) is 2.34. The van der Waals surface area contributed by atoms with E-state index < -0.39 is 0 Å². The van der Waals surface area contributed by atoms with Crippen LogP contribution in [0.5, 0.6) is 0 Å². The summed E-state index contributed by atoms with van der Waals surface area (Å²) in [6, 6.07) is 0.392. The van der Waals surface area contributed by atoms with Crippen molar-refractivity contribution in [3.8, 4) is 0 Å². The number of ether oxygens (including phenoxy) is 1. The van der Waals surface area contributed by atoms with Crippen molar-refractivity contribution in [1.82, 2.24) is 10.2 Å². The minimum absolute atomic E-state index is 0. The molecule has 1 heterocycles. The van der Waals surface area contributed by atoms with Crippen molar-refractivity contribution in [3.63, 3.8) is 0 Å². The lowest BCUT2D eigenvalue weighted by Gasteiger charge is -2.31. The van der Waals surface area contributed by atoms with Gasteiger partial charge in [0.1, 0.15) is 6.61 Å². The fraction of sp³-hybridized carbons (Fsp3) is 0.917. The van der Waals surface area contributed by atoms with Crippen LogP contribution < -0.4 is 5.32 Å². The Morgan fingerprint density at radius 2 is 2.06 bits per heavy atom. The number of likely N-dealkylation sites (N-methyl/N-ethyl adjacent to an activating group) is 1. The molecular formula is C12H25ClN2O2. The molecule has 1 amide bonds. The lowest BCUT2D eigenvalue weighted by atomic mass is 10.1. The largest absolute Gasteiger partial charge is 0.372 e. The molecule has 1 rings (SSSR count). The molecule has 5 heteroatoms. The first-order valence-corrected chi connectivity index (χ1v) is 6.29. The fourth-order valence-corrected chi connectivity index (χ4v) is 1.91. The maximum absolute atomic E-state index is 11.8. The molecule has 0 aromatic rings. The van der Waals surface area contributed by atoms with Gasteiger partial charge in [-0.2, -0.15) is 0 Å². The second-order valence-electron chi connectivity index (χ2n) is 4.39. The van der Waals surface area contributed by atoms with Crippen molar-refractivity contribution >= 4 is 18.3 Å². The van der Waals surface area contributed by atoms with Crippen LogP contribution in [0.15, 0.2) is 0 Å². The van der Waals surface area contributed by atoms with Crippen LogP contribution in [0.4, 0.5) is 0 Å². The van der Waals surface area contributed by atoms with E-state index >= 15 is 0 Å². The zero-order valence-corrected chi connectivity index (χ0v) is 11.7. The summed E-state index contributed by atoms with van der Waals surface area (Å²) in [6.07, 6.45) is 4.25. The summed E-state index contributed by atoms with van der Waals surface area (Å²) in [5.74, 6) is 0.114. The van der Waals surface area contributed by atoms with Crippen molar-refractivity contribution in [2.24, 2.45) is 0 Å². The maximum atomic E-state index is 11.8. The summed E-state index contributed by atoms with van der Waals surface area (Å²) in [6.45, 7) is 5.08. The van der Waals surface area contributed by atoms with Gasteiger partial charge in [-0.1, -0.05) is 13.3 Å². The lowest BCUT2D eigenvalue weighted by Crippen LogP contribution is -2.45. The number of nitrogens with one attached hydrogen (secondary N) is 1. The Hall–Kier alpha value is -0.320. The molecule has 1 aliphatic rings. The number of carbonyl (C=O) groups is 1. The highest BCUT2D eigenvalue weighted by molar-refractivity contribution is 5.85. The highest BCUT2D eigenvalue weighted by Gasteiger charge is 2.21. The molecule has 1 saturated heterocycles. The highest BCUT2D eigenvalue weighted by Crippen LogP contribution is 2.09. The molecule has 0 spiro atoms. The van der Waals surface area contributed by atoms with Gasteiger partial charge in [-0.15, -0.1) is 12.4 Å². The summed E-state index contributed by atoms with van der Waals surface area (Å²) in [5, 5.41) is 3.30. The minimum atomic E-state index is 0. The van der Waals surface area contributed by atoms with E-state index in [0.29, 0.717) is 12.6 Å². The Morgan fingerprint density at radius 3 is 2.65 bits per heavy atom. The van der Waals surface area contributed by atoms with E-state index in [-0.39, 0.29) is 24.9 Å². The summed E-state index contributed by atoms with van der Waals surface area (Å²) in [7, 11) is 1.89. The molecule has 0 aromatic carbocycles. The number of halogens is 1. The van der Waals surface area contributed by atoms with Crippen molar-refractivity contribution < 1.29 is 9.53 Å². The normalized spacial score (nSPS) is 16.4. The predicted octanol–water partition coefficient (Wildman–Crippen LogP) is 1.44. The Balaban J connectivity index is 0.00000256. The van der Waals surface area contributed by atoms with Crippen LogP contribution in [0.1, 0.15) is 32.6 Å². The molecule has 0 radical (unpaired) electrons. The Kier molecular flexibility index (Phi) is 9.50. The van der Waals surface area contributed by atoms with Crippen molar-refractivity contribution in [1.29, 1.82) is 0 Å².